The number of rotatable bonds is 4. The van der Waals surface area contributed by atoms with Crippen LogP contribution < -0.4 is 10.2 Å². The lowest BCUT2D eigenvalue weighted by molar-refractivity contribution is -0.119. The number of fused-ring (bicyclic) bond motifs is 1. The van der Waals surface area contributed by atoms with Crippen molar-refractivity contribution < 1.29 is 9.59 Å². The lowest BCUT2D eigenvalue weighted by Gasteiger charge is -2.17. The summed E-state index contributed by atoms with van der Waals surface area (Å²) in [7, 11) is 0. The van der Waals surface area contributed by atoms with Crippen LogP contribution in [0, 0.1) is 5.92 Å². The number of hydrogen-bond donors (Lipinski definition) is 1. The molecular weight excluding hydrogens is 372 g/mol. The van der Waals surface area contributed by atoms with Crippen molar-refractivity contribution in [1.82, 2.24) is 9.97 Å². The summed E-state index contributed by atoms with van der Waals surface area (Å²) in [5.41, 5.74) is 4.53. The number of hydrogen-bond acceptors (Lipinski definition) is 5. The molecule has 1 fully saturated rings. The van der Waals surface area contributed by atoms with Crippen LogP contribution in [-0.4, -0.2) is 28.3 Å². The molecule has 1 aliphatic carbocycles. The maximum Gasteiger partial charge on any atom is 0.259 e. The van der Waals surface area contributed by atoms with Crippen LogP contribution in [0.3, 0.4) is 0 Å². The first-order valence-corrected chi connectivity index (χ1v) is 10.2. The van der Waals surface area contributed by atoms with Gasteiger partial charge in [0.2, 0.25) is 5.91 Å². The van der Waals surface area contributed by atoms with Gasteiger partial charge in [-0.05, 0) is 49.1 Å². The summed E-state index contributed by atoms with van der Waals surface area (Å²) < 4.78 is 0. The van der Waals surface area contributed by atoms with Gasteiger partial charge in [0.25, 0.3) is 5.91 Å². The maximum atomic E-state index is 12.4. The summed E-state index contributed by atoms with van der Waals surface area (Å²) in [5.74, 6) is 0.271. The number of carbonyl (C=O) groups excluding carboxylic acids is 2. The minimum absolute atomic E-state index is 0.225. The lowest BCUT2D eigenvalue weighted by atomic mass is 10.1. The van der Waals surface area contributed by atoms with Crippen molar-refractivity contribution in [3.63, 3.8) is 0 Å². The van der Waals surface area contributed by atoms with Gasteiger partial charge in [0.15, 0.2) is 5.13 Å². The zero-order valence-electron chi connectivity index (χ0n) is 15.1. The third kappa shape index (κ3) is 3.18. The predicted molar refractivity (Wildman–Crippen MR) is 109 cm³/mol. The number of benzene rings is 1. The van der Waals surface area contributed by atoms with Gasteiger partial charge in [0.05, 0.1) is 11.3 Å². The number of carbonyl (C=O) groups is 2. The minimum Gasteiger partial charge on any atom is -0.312 e. The van der Waals surface area contributed by atoms with Crippen LogP contribution in [0.1, 0.15) is 28.8 Å². The van der Waals surface area contributed by atoms with Gasteiger partial charge in [0.1, 0.15) is 0 Å². The first-order chi connectivity index (χ1) is 13.7. The van der Waals surface area contributed by atoms with E-state index in [2.05, 4.69) is 21.4 Å². The van der Waals surface area contributed by atoms with Crippen LogP contribution in [0.2, 0.25) is 0 Å². The molecule has 28 heavy (non-hydrogen) atoms. The van der Waals surface area contributed by atoms with Crippen molar-refractivity contribution in [3.05, 3.63) is 59.2 Å². The highest BCUT2D eigenvalue weighted by molar-refractivity contribution is 7.14. The van der Waals surface area contributed by atoms with Crippen molar-refractivity contribution >= 4 is 34.0 Å². The van der Waals surface area contributed by atoms with E-state index in [4.69, 9.17) is 0 Å². The Kier molecular flexibility index (Phi) is 4.16. The molecule has 2 amide bonds. The number of nitrogens with zero attached hydrogens (tertiary/aromatic N) is 3. The average Bonchev–Trinajstić information content (AvgIpc) is 3.33. The predicted octanol–water partition coefficient (Wildman–Crippen LogP) is 3.76. The second-order valence-electron chi connectivity index (χ2n) is 7.09. The van der Waals surface area contributed by atoms with Crippen molar-refractivity contribution in [1.29, 1.82) is 0 Å². The van der Waals surface area contributed by atoms with Crippen molar-refractivity contribution in [2.45, 2.75) is 19.3 Å². The largest absolute Gasteiger partial charge is 0.312 e. The van der Waals surface area contributed by atoms with E-state index in [1.165, 1.54) is 23.1 Å². The van der Waals surface area contributed by atoms with E-state index in [0.717, 1.165) is 42.8 Å². The molecule has 0 spiro atoms. The SMILES string of the molecule is O=C(Nc1nc(-c2ccc3c(c2)CCN3C(=O)C2CC2)cs1)c1cccnc1. The first-order valence-electron chi connectivity index (χ1n) is 9.30. The molecule has 1 aromatic carbocycles. The summed E-state index contributed by atoms with van der Waals surface area (Å²) in [6.45, 7) is 0.762. The van der Waals surface area contributed by atoms with Crippen LogP contribution in [0.15, 0.2) is 48.1 Å². The number of pyridine rings is 1. The number of aromatic nitrogens is 2. The van der Waals surface area contributed by atoms with Crippen LogP contribution in [0.5, 0.6) is 0 Å². The highest BCUT2D eigenvalue weighted by atomic mass is 32.1. The van der Waals surface area contributed by atoms with Crippen LogP contribution in [-0.2, 0) is 11.2 Å². The van der Waals surface area contributed by atoms with Crippen molar-refractivity contribution in [3.8, 4) is 11.3 Å². The Morgan fingerprint density at radius 3 is 2.89 bits per heavy atom. The van der Waals surface area contributed by atoms with Gasteiger partial charge in [0, 0.05) is 41.5 Å². The monoisotopic (exact) mass is 390 g/mol. The third-order valence-electron chi connectivity index (χ3n) is 5.11. The van der Waals surface area contributed by atoms with E-state index in [1.807, 2.05) is 22.4 Å². The molecule has 2 aliphatic rings. The Morgan fingerprint density at radius 1 is 1.21 bits per heavy atom. The Hall–Kier alpha value is -3.06. The van der Waals surface area contributed by atoms with Gasteiger partial charge in [-0.1, -0.05) is 6.07 Å². The van der Waals surface area contributed by atoms with E-state index in [9.17, 15) is 9.59 Å². The number of nitrogens with one attached hydrogen (secondary N) is 1. The fraction of sp³-hybridized carbons (Fsp3) is 0.238. The topological polar surface area (TPSA) is 75.2 Å². The molecule has 5 rings (SSSR count). The van der Waals surface area contributed by atoms with E-state index in [0.29, 0.717) is 10.7 Å². The lowest BCUT2D eigenvalue weighted by Crippen LogP contribution is -2.30. The molecular formula is C21H18N4O2S. The first kappa shape index (κ1) is 17.1. The smallest absolute Gasteiger partial charge is 0.259 e. The van der Waals surface area contributed by atoms with Crippen molar-refractivity contribution in [2.24, 2.45) is 5.92 Å². The highest BCUT2D eigenvalue weighted by Crippen LogP contribution is 2.38. The van der Waals surface area contributed by atoms with Gasteiger partial charge >= 0.3 is 0 Å². The van der Waals surface area contributed by atoms with Gasteiger partial charge in [-0.25, -0.2) is 4.98 Å². The summed E-state index contributed by atoms with van der Waals surface area (Å²) in [5, 5.41) is 5.30. The molecule has 140 valence electrons. The molecule has 0 saturated heterocycles. The van der Waals surface area contributed by atoms with Gasteiger partial charge in [-0.15, -0.1) is 11.3 Å². The third-order valence-corrected chi connectivity index (χ3v) is 5.87. The van der Waals surface area contributed by atoms with Crippen LogP contribution >= 0.6 is 11.3 Å². The quantitative estimate of drug-likeness (QED) is 0.736. The van der Waals surface area contributed by atoms with E-state index >= 15 is 0 Å². The van der Waals surface area contributed by atoms with E-state index < -0.39 is 0 Å². The molecule has 2 aromatic heterocycles. The summed E-state index contributed by atoms with van der Waals surface area (Å²) >= 11 is 1.39. The van der Waals surface area contributed by atoms with Gasteiger partial charge < -0.3 is 4.90 Å². The summed E-state index contributed by atoms with van der Waals surface area (Å²) in [4.78, 5) is 35.1. The summed E-state index contributed by atoms with van der Waals surface area (Å²) in [6, 6.07) is 9.57. The Bertz CT molecular complexity index is 1060. The molecule has 0 bridgehead atoms. The molecule has 6 nitrogen and oxygen atoms in total. The van der Waals surface area contributed by atoms with Crippen LogP contribution in [0.4, 0.5) is 10.8 Å². The Labute approximate surface area is 166 Å². The molecule has 1 N–H and O–H groups in total. The zero-order chi connectivity index (χ0) is 19.1. The van der Waals surface area contributed by atoms with Gasteiger partial charge in [-0.3, -0.25) is 19.9 Å². The highest BCUT2D eigenvalue weighted by Gasteiger charge is 2.36. The standard InChI is InChI=1S/C21H18N4O2S/c26-19(16-2-1-8-22-11-16)24-21-23-17(12-28-21)14-5-6-18-15(10-14)7-9-25(18)20(27)13-3-4-13/h1-2,5-6,8,10-13H,3-4,7,9H2,(H,23,24,26). The molecule has 1 saturated carbocycles. The molecule has 0 radical (unpaired) electrons. The number of amides is 2. The van der Waals surface area contributed by atoms with E-state index in [-0.39, 0.29) is 17.7 Å². The molecule has 3 heterocycles. The van der Waals surface area contributed by atoms with E-state index in [1.54, 1.807) is 18.3 Å². The number of thiazole rings is 1. The molecule has 3 aromatic rings. The Morgan fingerprint density at radius 2 is 2.11 bits per heavy atom. The zero-order valence-corrected chi connectivity index (χ0v) is 15.9. The fourth-order valence-corrected chi connectivity index (χ4v) is 4.19. The molecule has 7 heteroatoms. The average molecular weight is 390 g/mol. The normalized spacial score (nSPS) is 15.4. The molecule has 1 aliphatic heterocycles. The molecule has 0 unspecified atom stereocenters. The van der Waals surface area contributed by atoms with Crippen LogP contribution in [0.25, 0.3) is 11.3 Å². The summed E-state index contributed by atoms with van der Waals surface area (Å²) in [6.07, 6.45) is 6.07. The maximum absolute atomic E-state index is 12.4. The second-order valence-corrected chi connectivity index (χ2v) is 7.95. The second kappa shape index (κ2) is 6.83. The fourth-order valence-electron chi connectivity index (χ4n) is 3.47. The van der Waals surface area contributed by atoms with Gasteiger partial charge in [-0.2, -0.15) is 0 Å². The number of anilines is 2. The van der Waals surface area contributed by atoms with Crippen molar-refractivity contribution in [2.75, 3.05) is 16.8 Å². The Balaban J connectivity index is 1.34. The molecule has 0 atom stereocenters. The minimum atomic E-state index is -0.225.